The van der Waals surface area contributed by atoms with Gasteiger partial charge in [-0.3, -0.25) is 0 Å². The fourth-order valence-corrected chi connectivity index (χ4v) is 2.69. The van der Waals surface area contributed by atoms with Gasteiger partial charge >= 0.3 is 0 Å². The maximum absolute atomic E-state index is 5.38. The van der Waals surface area contributed by atoms with Gasteiger partial charge in [-0.1, -0.05) is 15.9 Å². The number of thiophene rings is 1. The molecule has 74 valence electrons. The zero-order valence-electron chi connectivity index (χ0n) is 8.00. The smallest absolute Gasteiger partial charge is 0.181 e. The fourth-order valence-electron chi connectivity index (χ4n) is 1.25. The van der Waals surface area contributed by atoms with Gasteiger partial charge in [0.15, 0.2) is 12.2 Å². The first-order valence-electron chi connectivity index (χ1n) is 4.28. The summed E-state index contributed by atoms with van der Waals surface area (Å²) < 4.78 is 5.38. The lowest BCUT2D eigenvalue weighted by Gasteiger charge is -1.92. The predicted octanol–water partition coefficient (Wildman–Crippen LogP) is 3.91. The van der Waals surface area contributed by atoms with Crippen molar-refractivity contribution in [1.82, 2.24) is 4.98 Å². The molecule has 0 aliphatic rings. The Labute approximate surface area is 95.1 Å². The van der Waals surface area contributed by atoms with Crippen molar-refractivity contribution < 1.29 is 4.42 Å². The number of hydrogen-bond donors (Lipinski definition) is 0. The van der Waals surface area contributed by atoms with E-state index in [0.717, 1.165) is 21.7 Å². The minimum Gasteiger partial charge on any atom is -0.442 e. The maximum Gasteiger partial charge on any atom is 0.181 e. The standard InChI is InChI=1S/C10H10BrNOS/c1-6-3-9(14-7(6)2)10-8(4-11)12-5-13-10/h3,5H,4H2,1-2H3. The third-order valence-electron chi connectivity index (χ3n) is 2.16. The molecule has 2 heterocycles. The summed E-state index contributed by atoms with van der Waals surface area (Å²) in [6, 6.07) is 2.15. The molecule has 0 amide bonds. The van der Waals surface area contributed by atoms with Crippen LogP contribution in [-0.2, 0) is 5.33 Å². The number of alkyl halides is 1. The van der Waals surface area contributed by atoms with E-state index in [-0.39, 0.29) is 0 Å². The van der Waals surface area contributed by atoms with Gasteiger partial charge in [0.05, 0.1) is 10.6 Å². The Morgan fingerprint density at radius 1 is 1.50 bits per heavy atom. The Morgan fingerprint density at radius 2 is 2.29 bits per heavy atom. The SMILES string of the molecule is Cc1cc(-c2ocnc2CBr)sc1C. The molecule has 0 radical (unpaired) electrons. The molecule has 2 rings (SSSR count). The number of nitrogens with zero attached hydrogens (tertiary/aromatic N) is 1. The molecule has 0 saturated carbocycles. The number of halogens is 1. The summed E-state index contributed by atoms with van der Waals surface area (Å²) in [7, 11) is 0. The lowest BCUT2D eigenvalue weighted by atomic mass is 10.2. The molecule has 0 aromatic carbocycles. The van der Waals surface area contributed by atoms with Crippen molar-refractivity contribution in [2.45, 2.75) is 19.2 Å². The van der Waals surface area contributed by atoms with Crippen LogP contribution in [0, 0.1) is 13.8 Å². The Bertz CT molecular complexity index is 427. The molecule has 0 saturated heterocycles. The van der Waals surface area contributed by atoms with E-state index in [1.54, 1.807) is 11.3 Å². The highest BCUT2D eigenvalue weighted by Gasteiger charge is 2.12. The van der Waals surface area contributed by atoms with E-state index in [2.05, 4.69) is 40.8 Å². The molecule has 14 heavy (non-hydrogen) atoms. The summed E-state index contributed by atoms with van der Waals surface area (Å²) in [5.74, 6) is 0.892. The number of aromatic nitrogens is 1. The van der Waals surface area contributed by atoms with Gasteiger partial charge in [-0.25, -0.2) is 4.98 Å². The van der Waals surface area contributed by atoms with Crippen LogP contribution in [0.3, 0.4) is 0 Å². The summed E-state index contributed by atoms with van der Waals surface area (Å²) in [4.78, 5) is 6.63. The molecule has 0 atom stereocenters. The van der Waals surface area contributed by atoms with Crippen LogP contribution in [0.2, 0.25) is 0 Å². The average Bonchev–Trinajstić information content (AvgIpc) is 2.73. The minimum absolute atomic E-state index is 0.731. The highest BCUT2D eigenvalue weighted by atomic mass is 79.9. The molecular weight excluding hydrogens is 262 g/mol. The van der Waals surface area contributed by atoms with E-state index >= 15 is 0 Å². The molecule has 0 fully saturated rings. The minimum atomic E-state index is 0.731. The van der Waals surface area contributed by atoms with Gasteiger partial charge in [-0.2, -0.15) is 0 Å². The Kier molecular flexibility index (Phi) is 2.74. The third-order valence-corrected chi connectivity index (χ3v) is 3.84. The number of rotatable bonds is 2. The van der Waals surface area contributed by atoms with Crippen LogP contribution in [0.1, 0.15) is 16.1 Å². The van der Waals surface area contributed by atoms with Crippen molar-refractivity contribution in [3.63, 3.8) is 0 Å². The molecular formula is C10H10BrNOS. The molecule has 0 bridgehead atoms. The second-order valence-corrected chi connectivity index (χ2v) is 4.93. The predicted molar refractivity (Wildman–Crippen MR) is 61.9 cm³/mol. The van der Waals surface area contributed by atoms with E-state index < -0.39 is 0 Å². The number of hydrogen-bond acceptors (Lipinski definition) is 3. The molecule has 0 aliphatic heterocycles. The summed E-state index contributed by atoms with van der Waals surface area (Å²) in [6.45, 7) is 4.23. The Balaban J connectivity index is 2.49. The summed E-state index contributed by atoms with van der Waals surface area (Å²) >= 11 is 5.14. The van der Waals surface area contributed by atoms with E-state index in [9.17, 15) is 0 Å². The number of aryl methyl sites for hydroxylation is 2. The molecule has 2 aromatic heterocycles. The Morgan fingerprint density at radius 3 is 2.86 bits per heavy atom. The molecule has 0 N–H and O–H groups in total. The van der Waals surface area contributed by atoms with Crippen molar-refractivity contribution in [3.05, 3.63) is 28.6 Å². The van der Waals surface area contributed by atoms with Gasteiger partial charge in [-0.15, -0.1) is 11.3 Å². The van der Waals surface area contributed by atoms with Gasteiger partial charge in [0.1, 0.15) is 0 Å². The Hall–Kier alpha value is -0.610. The van der Waals surface area contributed by atoms with Crippen LogP contribution in [0.25, 0.3) is 10.6 Å². The van der Waals surface area contributed by atoms with Crippen LogP contribution in [-0.4, -0.2) is 4.98 Å². The molecule has 2 nitrogen and oxygen atoms in total. The third kappa shape index (κ3) is 1.64. The lowest BCUT2D eigenvalue weighted by Crippen LogP contribution is -1.78. The molecule has 0 aliphatic carbocycles. The highest BCUT2D eigenvalue weighted by Crippen LogP contribution is 2.33. The quantitative estimate of drug-likeness (QED) is 0.774. The van der Waals surface area contributed by atoms with Crippen molar-refractivity contribution in [2.75, 3.05) is 0 Å². The first-order valence-corrected chi connectivity index (χ1v) is 6.22. The largest absolute Gasteiger partial charge is 0.442 e. The van der Waals surface area contributed by atoms with Gasteiger partial charge in [0.25, 0.3) is 0 Å². The summed E-state index contributed by atoms with van der Waals surface area (Å²) in [5.41, 5.74) is 2.27. The van der Waals surface area contributed by atoms with Gasteiger partial charge in [0, 0.05) is 10.2 Å². The van der Waals surface area contributed by atoms with Crippen LogP contribution in [0.5, 0.6) is 0 Å². The van der Waals surface area contributed by atoms with Gasteiger partial charge in [-0.05, 0) is 25.5 Å². The second kappa shape index (κ2) is 3.87. The van der Waals surface area contributed by atoms with E-state index in [4.69, 9.17) is 4.42 Å². The first kappa shape index (κ1) is 9.93. The van der Waals surface area contributed by atoms with Crippen molar-refractivity contribution >= 4 is 27.3 Å². The average molecular weight is 272 g/mol. The molecule has 2 aromatic rings. The van der Waals surface area contributed by atoms with Crippen LogP contribution >= 0.6 is 27.3 Å². The van der Waals surface area contributed by atoms with Gasteiger partial charge < -0.3 is 4.42 Å². The summed E-state index contributed by atoms with van der Waals surface area (Å²) in [5, 5.41) is 0.731. The van der Waals surface area contributed by atoms with E-state index in [1.807, 2.05) is 0 Å². The lowest BCUT2D eigenvalue weighted by molar-refractivity contribution is 0.572. The number of oxazole rings is 1. The zero-order chi connectivity index (χ0) is 10.1. The van der Waals surface area contributed by atoms with Crippen LogP contribution < -0.4 is 0 Å². The van der Waals surface area contributed by atoms with E-state index in [1.165, 1.54) is 16.8 Å². The van der Waals surface area contributed by atoms with Crippen LogP contribution in [0.4, 0.5) is 0 Å². The van der Waals surface area contributed by atoms with Crippen LogP contribution in [0.15, 0.2) is 16.9 Å². The highest BCUT2D eigenvalue weighted by molar-refractivity contribution is 9.08. The zero-order valence-corrected chi connectivity index (χ0v) is 10.4. The topological polar surface area (TPSA) is 26.0 Å². The van der Waals surface area contributed by atoms with Crippen molar-refractivity contribution in [2.24, 2.45) is 0 Å². The molecule has 0 spiro atoms. The van der Waals surface area contributed by atoms with Gasteiger partial charge in [0.2, 0.25) is 0 Å². The fraction of sp³-hybridized carbons (Fsp3) is 0.300. The van der Waals surface area contributed by atoms with E-state index in [0.29, 0.717) is 0 Å². The monoisotopic (exact) mass is 271 g/mol. The summed E-state index contributed by atoms with van der Waals surface area (Å²) in [6.07, 6.45) is 1.50. The normalized spacial score (nSPS) is 10.8. The molecule has 4 heteroatoms. The second-order valence-electron chi connectivity index (χ2n) is 3.11. The maximum atomic E-state index is 5.38. The van der Waals surface area contributed by atoms with Crippen molar-refractivity contribution in [1.29, 1.82) is 0 Å². The first-order chi connectivity index (χ1) is 6.72. The molecule has 0 unspecified atom stereocenters. The van der Waals surface area contributed by atoms with Crippen molar-refractivity contribution in [3.8, 4) is 10.6 Å².